The Labute approximate surface area is 202 Å². The second-order valence-corrected chi connectivity index (χ2v) is 8.57. The molecule has 0 spiro atoms. The largest absolute Gasteiger partial charge is 0.478 e. The van der Waals surface area contributed by atoms with Gasteiger partial charge in [-0.2, -0.15) is 0 Å². The van der Waals surface area contributed by atoms with Crippen LogP contribution in [0.15, 0.2) is 84.4 Å². The van der Waals surface area contributed by atoms with E-state index in [9.17, 15) is 14.4 Å². The Balaban J connectivity index is 1.23. The molecule has 5 rings (SSSR count). The second kappa shape index (κ2) is 9.46. The summed E-state index contributed by atoms with van der Waals surface area (Å²) >= 11 is 0. The maximum atomic E-state index is 12.9. The highest BCUT2D eigenvalue weighted by atomic mass is 16.5. The van der Waals surface area contributed by atoms with Crippen molar-refractivity contribution in [3.63, 3.8) is 0 Å². The Morgan fingerprint density at radius 2 is 1.63 bits per heavy atom. The number of hydrogen-bond donors (Lipinski definition) is 2. The lowest BCUT2D eigenvalue weighted by Crippen LogP contribution is -2.35. The van der Waals surface area contributed by atoms with Crippen molar-refractivity contribution in [2.45, 2.75) is 12.3 Å². The molecule has 3 aromatic rings. The van der Waals surface area contributed by atoms with E-state index in [-0.39, 0.29) is 25.0 Å². The molecule has 1 aliphatic carbocycles. The molecule has 0 saturated carbocycles. The maximum Gasteiger partial charge on any atom is 0.411 e. The number of nitrogens with one attached hydrogen (secondary N) is 1. The van der Waals surface area contributed by atoms with Gasteiger partial charge in [0.15, 0.2) is 0 Å². The van der Waals surface area contributed by atoms with E-state index < -0.39 is 12.1 Å². The molecule has 1 heterocycles. The van der Waals surface area contributed by atoms with Crippen LogP contribution in [0.5, 0.6) is 0 Å². The summed E-state index contributed by atoms with van der Waals surface area (Å²) in [6.45, 7) is 0.774. The van der Waals surface area contributed by atoms with Crippen LogP contribution < -0.4 is 5.32 Å². The molecular weight excluding hydrogens is 444 g/mol. The minimum absolute atomic E-state index is 0.0380. The SMILES string of the molecule is O=C(Nc1cccc(C(=O)N2CC=C(C(=O)O)CC2)c1)OCC1c2ccccc2-c2ccccc21. The third-order valence-corrected chi connectivity index (χ3v) is 6.47. The Morgan fingerprint density at radius 1 is 0.943 bits per heavy atom. The number of amides is 2. The lowest BCUT2D eigenvalue weighted by Gasteiger charge is -2.25. The number of hydrogen-bond acceptors (Lipinski definition) is 4. The standard InChI is InChI=1S/C28H24N2O5/c31-26(30-14-12-18(13-15-30)27(32)33)19-6-5-7-20(16-19)29-28(34)35-17-25-23-10-3-1-8-21(23)22-9-2-4-11-24(22)25/h1-12,16,25H,13-15,17H2,(H,29,34)(H,32,33). The Bertz CT molecular complexity index is 1300. The molecule has 7 nitrogen and oxygen atoms in total. The maximum absolute atomic E-state index is 12.9. The lowest BCUT2D eigenvalue weighted by atomic mass is 9.98. The highest BCUT2D eigenvalue weighted by Crippen LogP contribution is 2.44. The van der Waals surface area contributed by atoms with Gasteiger partial charge in [-0.05, 0) is 46.9 Å². The zero-order valence-corrected chi connectivity index (χ0v) is 18.9. The summed E-state index contributed by atoms with van der Waals surface area (Å²) in [4.78, 5) is 38.1. The van der Waals surface area contributed by atoms with E-state index in [0.717, 1.165) is 22.3 Å². The molecule has 2 aliphatic rings. The molecule has 0 bridgehead atoms. The molecule has 0 aromatic heterocycles. The third-order valence-electron chi connectivity index (χ3n) is 6.47. The summed E-state index contributed by atoms with van der Waals surface area (Å²) in [6, 6.07) is 22.9. The summed E-state index contributed by atoms with van der Waals surface area (Å²) in [6.07, 6.45) is 1.27. The van der Waals surface area contributed by atoms with E-state index in [1.165, 1.54) is 0 Å². The zero-order valence-electron chi connectivity index (χ0n) is 18.9. The van der Waals surface area contributed by atoms with Gasteiger partial charge in [-0.25, -0.2) is 9.59 Å². The topological polar surface area (TPSA) is 95.9 Å². The van der Waals surface area contributed by atoms with Gasteiger partial charge in [0.05, 0.1) is 0 Å². The van der Waals surface area contributed by atoms with Crippen molar-refractivity contribution in [3.05, 3.63) is 101 Å². The summed E-state index contributed by atoms with van der Waals surface area (Å²) in [5.41, 5.74) is 5.77. The predicted octanol–water partition coefficient (Wildman–Crippen LogP) is 4.90. The Morgan fingerprint density at radius 3 is 2.26 bits per heavy atom. The van der Waals surface area contributed by atoms with E-state index in [1.807, 2.05) is 24.3 Å². The van der Waals surface area contributed by atoms with Gasteiger partial charge in [0.1, 0.15) is 6.61 Å². The van der Waals surface area contributed by atoms with Gasteiger partial charge < -0.3 is 14.7 Å². The second-order valence-electron chi connectivity index (χ2n) is 8.57. The fourth-order valence-corrected chi connectivity index (χ4v) is 4.71. The monoisotopic (exact) mass is 468 g/mol. The van der Waals surface area contributed by atoms with Gasteiger partial charge in [-0.15, -0.1) is 0 Å². The molecule has 0 unspecified atom stereocenters. The molecule has 35 heavy (non-hydrogen) atoms. The van der Waals surface area contributed by atoms with Crippen molar-refractivity contribution in [1.82, 2.24) is 4.90 Å². The first kappa shape index (κ1) is 22.4. The number of carboxylic acids is 1. The third kappa shape index (κ3) is 4.53. The van der Waals surface area contributed by atoms with E-state index in [0.29, 0.717) is 29.8 Å². The van der Waals surface area contributed by atoms with E-state index >= 15 is 0 Å². The van der Waals surface area contributed by atoms with Crippen LogP contribution in [0.25, 0.3) is 11.1 Å². The average Bonchev–Trinajstić information content (AvgIpc) is 3.21. The lowest BCUT2D eigenvalue weighted by molar-refractivity contribution is -0.133. The van der Waals surface area contributed by atoms with Crippen molar-refractivity contribution in [3.8, 4) is 11.1 Å². The van der Waals surface area contributed by atoms with Crippen LogP contribution in [-0.2, 0) is 9.53 Å². The number of rotatable bonds is 5. The first-order valence-corrected chi connectivity index (χ1v) is 11.4. The van der Waals surface area contributed by atoms with Crippen molar-refractivity contribution in [2.24, 2.45) is 0 Å². The first-order valence-electron chi connectivity index (χ1n) is 11.4. The number of carbonyl (C=O) groups is 3. The van der Waals surface area contributed by atoms with Crippen LogP contribution >= 0.6 is 0 Å². The van der Waals surface area contributed by atoms with Gasteiger partial charge >= 0.3 is 12.1 Å². The summed E-state index contributed by atoms with van der Waals surface area (Å²) < 4.78 is 5.59. The average molecular weight is 469 g/mol. The summed E-state index contributed by atoms with van der Waals surface area (Å²) in [5.74, 6) is -1.21. The fourth-order valence-electron chi connectivity index (χ4n) is 4.71. The van der Waals surface area contributed by atoms with Crippen LogP contribution in [0, 0.1) is 0 Å². The summed E-state index contributed by atoms with van der Waals surface area (Å²) in [7, 11) is 0. The van der Waals surface area contributed by atoms with Gasteiger partial charge in [-0.1, -0.05) is 60.7 Å². The van der Waals surface area contributed by atoms with Crippen molar-refractivity contribution in [2.75, 3.05) is 25.0 Å². The molecule has 0 atom stereocenters. The predicted molar refractivity (Wildman–Crippen MR) is 131 cm³/mol. The van der Waals surface area contributed by atoms with Gasteiger partial charge in [0, 0.05) is 35.8 Å². The van der Waals surface area contributed by atoms with Crippen molar-refractivity contribution in [1.29, 1.82) is 0 Å². The fraction of sp³-hybridized carbons (Fsp3) is 0.179. The Hall–Kier alpha value is -4.39. The molecule has 176 valence electrons. The van der Waals surface area contributed by atoms with Crippen LogP contribution in [0.2, 0.25) is 0 Å². The Kier molecular flexibility index (Phi) is 6.06. The van der Waals surface area contributed by atoms with Crippen LogP contribution in [0.4, 0.5) is 10.5 Å². The van der Waals surface area contributed by atoms with E-state index in [2.05, 4.69) is 29.6 Å². The number of carboxylic acid groups (broad SMARTS) is 1. The van der Waals surface area contributed by atoms with Gasteiger partial charge in [-0.3, -0.25) is 10.1 Å². The first-order chi connectivity index (χ1) is 17.0. The van der Waals surface area contributed by atoms with Gasteiger partial charge in [0.25, 0.3) is 5.91 Å². The minimum Gasteiger partial charge on any atom is -0.478 e. The number of nitrogens with zero attached hydrogens (tertiary/aromatic N) is 1. The van der Waals surface area contributed by atoms with Crippen LogP contribution in [0.3, 0.4) is 0 Å². The van der Waals surface area contributed by atoms with Gasteiger partial charge in [0.2, 0.25) is 0 Å². The van der Waals surface area contributed by atoms with Crippen LogP contribution in [0.1, 0.15) is 33.8 Å². The van der Waals surface area contributed by atoms with Crippen molar-refractivity contribution < 1.29 is 24.2 Å². The number of aliphatic carboxylic acids is 1. The number of ether oxygens (including phenoxy) is 1. The highest BCUT2D eigenvalue weighted by molar-refractivity contribution is 5.97. The van der Waals surface area contributed by atoms with E-state index in [4.69, 9.17) is 9.84 Å². The zero-order chi connectivity index (χ0) is 24.4. The molecule has 0 saturated heterocycles. The number of benzene rings is 3. The molecule has 7 heteroatoms. The van der Waals surface area contributed by atoms with Crippen molar-refractivity contribution >= 4 is 23.7 Å². The number of fused-ring (bicyclic) bond motifs is 3. The smallest absolute Gasteiger partial charge is 0.411 e. The molecule has 3 aromatic carbocycles. The molecule has 0 fully saturated rings. The van der Waals surface area contributed by atoms with E-state index in [1.54, 1.807) is 35.2 Å². The molecule has 1 aliphatic heterocycles. The molecular formula is C28H24N2O5. The highest BCUT2D eigenvalue weighted by Gasteiger charge is 2.29. The molecule has 2 amide bonds. The summed E-state index contributed by atoms with van der Waals surface area (Å²) in [5, 5.41) is 11.8. The molecule has 2 N–H and O–H groups in total. The minimum atomic E-state index is -0.952. The number of anilines is 1. The number of carbonyl (C=O) groups excluding carboxylic acids is 2. The van der Waals surface area contributed by atoms with Crippen LogP contribution in [-0.4, -0.2) is 47.7 Å². The normalized spacial score (nSPS) is 14.5. The quantitative estimate of drug-likeness (QED) is 0.555. The molecule has 0 radical (unpaired) electrons.